The molecule has 1 saturated heterocycles. The number of rotatable bonds is 4. The first-order valence-corrected chi connectivity index (χ1v) is 10.7. The topological polar surface area (TPSA) is 66.5 Å². The molecule has 5 nitrogen and oxygen atoms in total. The lowest BCUT2D eigenvalue weighted by atomic mass is 9.67. The molecule has 1 unspecified atom stereocenters. The largest absolute Gasteiger partial charge is 0.352 e. The number of sulfonamides is 1. The number of carbonyl (C=O) groups excluding carboxylic acids is 1. The second-order valence-electron chi connectivity index (χ2n) is 7.48. The molecule has 3 rings (SSSR count). The van der Waals surface area contributed by atoms with E-state index in [4.69, 9.17) is 0 Å². The predicted molar refractivity (Wildman–Crippen MR) is 93.6 cm³/mol. The molecule has 1 amide bonds. The SMILES string of the molecule is CS(=O)(=O)N1CC(C(=O)NCc2cc(F)ccc2F)C2(CCCCC2)C1. The average molecular weight is 386 g/mol. The van der Waals surface area contributed by atoms with E-state index in [0.717, 1.165) is 56.6 Å². The molecule has 8 heteroatoms. The molecule has 1 heterocycles. The van der Waals surface area contributed by atoms with E-state index >= 15 is 0 Å². The van der Waals surface area contributed by atoms with Gasteiger partial charge in [0.15, 0.2) is 0 Å². The van der Waals surface area contributed by atoms with Crippen molar-refractivity contribution in [3.63, 3.8) is 0 Å². The van der Waals surface area contributed by atoms with Gasteiger partial charge < -0.3 is 5.32 Å². The molecule has 1 aromatic rings. The molecule has 1 aliphatic carbocycles. The minimum atomic E-state index is -3.38. The summed E-state index contributed by atoms with van der Waals surface area (Å²) >= 11 is 0. The van der Waals surface area contributed by atoms with Crippen LogP contribution >= 0.6 is 0 Å². The van der Waals surface area contributed by atoms with E-state index in [1.807, 2.05) is 0 Å². The minimum Gasteiger partial charge on any atom is -0.352 e. The van der Waals surface area contributed by atoms with Crippen LogP contribution in [0, 0.1) is 23.0 Å². The van der Waals surface area contributed by atoms with E-state index in [1.165, 1.54) is 4.31 Å². The van der Waals surface area contributed by atoms with Crippen LogP contribution in [0.1, 0.15) is 37.7 Å². The van der Waals surface area contributed by atoms with Crippen LogP contribution in [0.5, 0.6) is 0 Å². The maximum absolute atomic E-state index is 13.8. The van der Waals surface area contributed by atoms with Crippen molar-refractivity contribution in [1.29, 1.82) is 0 Å². The van der Waals surface area contributed by atoms with Crippen LogP contribution in [0.4, 0.5) is 8.78 Å². The van der Waals surface area contributed by atoms with Gasteiger partial charge in [-0.2, -0.15) is 0 Å². The van der Waals surface area contributed by atoms with Crippen molar-refractivity contribution in [3.05, 3.63) is 35.4 Å². The molecule has 0 bridgehead atoms. The van der Waals surface area contributed by atoms with E-state index in [-0.39, 0.29) is 30.0 Å². The molecule has 1 N–H and O–H groups in total. The highest BCUT2D eigenvalue weighted by Crippen LogP contribution is 2.48. The van der Waals surface area contributed by atoms with Gasteiger partial charge in [-0.3, -0.25) is 4.79 Å². The van der Waals surface area contributed by atoms with E-state index in [9.17, 15) is 22.0 Å². The monoisotopic (exact) mass is 386 g/mol. The molecule has 1 spiro atoms. The van der Waals surface area contributed by atoms with Crippen LogP contribution in [0.25, 0.3) is 0 Å². The summed E-state index contributed by atoms with van der Waals surface area (Å²) < 4.78 is 52.4. The molecule has 2 fully saturated rings. The van der Waals surface area contributed by atoms with Crippen molar-refractivity contribution in [3.8, 4) is 0 Å². The fourth-order valence-corrected chi connectivity index (χ4v) is 5.20. The average Bonchev–Trinajstić information content (AvgIpc) is 2.95. The first kappa shape index (κ1) is 19.2. The van der Waals surface area contributed by atoms with Gasteiger partial charge in [0.2, 0.25) is 15.9 Å². The summed E-state index contributed by atoms with van der Waals surface area (Å²) in [5, 5.41) is 2.69. The Morgan fingerprint density at radius 2 is 1.96 bits per heavy atom. The number of halogens is 2. The van der Waals surface area contributed by atoms with Crippen LogP contribution in [0.3, 0.4) is 0 Å². The van der Waals surface area contributed by atoms with Gasteiger partial charge in [-0.15, -0.1) is 0 Å². The van der Waals surface area contributed by atoms with Crippen molar-refractivity contribution < 1.29 is 22.0 Å². The van der Waals surface area contributed by atoms with E-state index < -0.39 is 27.6 Å². The highest BCUT2D eigenvalue weighted by molar-refractivity contribution is 7.88. The van der Waals surface area contributed by atoms with Crippen LogP contribution in [0.15, 0.2) is 18.2 Å². The van der Waals surface area contributed by atoms with Gasteiger partial charge >= 0.3 is 0 Å². The van der Waals surface area contributed by atoms with Crippen molar-refractivity contribution in [2.24, 2.45) is 11.3 Å². The van der Waals surface area contributed by atoms with Crippen LogP contribution in [-0.2, 0) is 21.4 Å². The zero-order valence-corrected chi connectivity index (χ0v) is 15.6. The van der Waals surface area contributed by atoms with E-state index in [1.54, 1.807) is 0 Å². The third-order valence-electron chi connectivity index (χ3n) is 5.71. The number of benzene rings is 1. The molecule has 26 heavy (non-hydrogen) atoms. The number of amides is 1. The van der Waals surface area contributed by atoms with Crippen molar-refractivity contribution in [2.75, 3.05) is 19.3 Å². The van der Waals surface area contributed by atoms with Gasteiger partial charge in [-0.05, 0) is 36.5 Å². The summed E-state index contributed by atoms with van der Waals surface area (Å²) in [4.78, 5) is 12.8. The summed E-state index contributed by atoms with van der Waals surface area (Å²) in [6.45, 7) is 0.391. The summed E-state index contributed by atoms with van der Waals surface area (Å²) in [6, 6.07) is 3.11. The van der Waals surface area contributed by atoms with Crippen molar-refractivity contribution in [2.45, 2.75) is 38.6 Å². The molecule has 144 valence electrons. The molecule has 2 aliphatic rings. The second kappa shape index (κ2) is 7.23. The number of nitrogens with one attached hydrogen (secondary N) is 1. The quantitative estimate of drug-likeness (QED) is 0.864. The molecule has 0 radical (unpaired) electrons. The summed E-state index contributed by atoms with van der Waals surface area (Å²) in [5.74, 6) is -1.90. The number of hydrogen-bond donors (Lipinski definition) is 1. The Morgan fingerprint density at radius 1 is 1.27 bits per heavy atom. The normalized spacial score (nSPS) is 23.3. The molecular formula is C18H24F2N2O3S. The van der Waals surface area contributed by atoms with Gasteiger partial charge in [-0.25, -0.2) is 21.5 Å². The molecule has 1 aromatic carbocycles. The predicted octanol–water partition coefficient (Wildman–Crippen LogP) is 2.42. The summed E-state index contributed by atoms with van der Waals surface area (Å²) in [6.07, 6.45) is 5.81. The summed E-state index contributed by atoms with van der Waals surface area (Å²) in [7, 11) is -3.38. The molecular weight excluding hydrogens is 362 g/mol. The lowest BCUT2D eigenvalue weighted by Crippen LogP contribution is -2.42. The molecule has 1 aliphatic heterocycles. The fraction of sp³-hybridized carbons (Fsp3) is 0.611. The molecule has 0 aromatic heterocycles. The Balaban J connectivity index is 1.76. The zero-order chi connectivity index (χ0) is 18.9. The van der Waals surface area contributed by atoms with Crippen LogP contribution in [-0.4, -0.2) is 38.0 Å². The van der Waals surface area contributed by atoms with Gasteiger partial charge in [-0.1, -0.05) is 19.3 Å². The standard InChI is InChI=1S/C18H24F2N2O3S/c1-26(24,25)22-11-15(18(12-22)7-3-2-4-8-18)17(23)21-10-13-9-14(19)5-6-16(13)20/h5-6,9,15H,2-4,7-8,10-12H2,1H3,(H,21,23). The number of carbonyl (C=O) groups is 1. The highest BCUT2D eigenvalue weighted by atomic mass is 32.2. The second-order valence-corrected chi connectivity index (χ2v) is 9.47. The van der Waals surface area contributed by atoms with Crippen molar-refractivity contribution in [1.82, 2.24) is 9.62 Å². The van der Waals surface area contributed by atoms with E-state index in [2.05, 4.69) is 5.32 Å². The highest BCUT2D eigenvalue weighted by Gasteiger charge is 2.52. The first-order chi connectivity index (χ1) is 12.2. The van der Waals surface area contributed by atoms with Crippen molar-refractivity contribution >= 4 is 15.9 Å². The van der Waals surface area contributed by atoms with Crippen LogP contribution in [0.2, 0.25) is 0 Å². The Labute approximate surface area is 152 Å². The summed E-state index contributed by atoms with van der Waals surface area (Å²) in [5.41, 5.74) is -0.277. The molecule has 1 atom stereocenters. The third-order valence-corrected chi connectivity index (χ3v) is 6.93. The maximum Gasteiger partial charge on any atom is 0.225 e. The molecule has 1 saturated carbocycles. The number of nitrogens with zero attached hydrogens (tertiary/aromatic N) is 1. The van der Waals surface area contributed by atoms with Gasteiger partial charge in [0.25, 0.3) is 0 Å². The first-order valence-electron chi connectivity index (χ1n) is 8.88. The van der Waals surface area contributed by atoms with E-state index in [0.29, 0.717) is 6.54 Å². The van der Waals surface area contributed by atoms with Gasteiger partial charge in [0, 0.05) is 25.2 Å². The maximum atomic E-state index is 13.8. The number of hydrogen-bond acceptors (Lipinski definition) is 3. The van der Waals surface area contributed by atoms with Gasteiger partial charge in [0.1, 0.15) is 11.6 Å². The Hall–Kier alpha value is -1.54. The third kappa shape index (κ3) is 3.91. The fourth-order valence-electron chi connectivity index (χ4n) is 4.28. The van der Waals surface area contributed by atoms with Gasteiger partial charge in [0.05, 0.1) is 12.2 Å². The Morgan fingerprint density at radius 3 is 2.62 bits per heavy atom. The van der Waals surface area contributed by atoms with Crippen LogP contribution < -0.4 is 5.32 Å². The lowest BCUT2D eigenvalue weighted by Gasteiger charge is -2.37. The zero-order valence-electron chi connectivity index (χ0n) is 14.8. The smallest absolute Gasteiger partial charge is 0.225 e. The Bertz CT molecular complexity index is 792. The Kier molecular flexibility index (Phi) is 5.35. The lowest BCUT2D eigenvalue weighted by molar-refractivity contribution is -0.128. The minimum absolute atomic E-state index is 0.0778.